The second-order valence-electron chi connectivity index (χ2n) is 3.31. The lowest BCUT2D eigenvalue weighted by molar-refractivity contribution is -0.384. The number of nitro benzene ring substituents is 1. The number of aliphatic hydroxyl groups excluding tert-OH is 1. The maximum atomic E-state index is 10.5. The summed E-state index contributed by atoms with van der Waals surface area (Å²) in [5.41, 5.74) is 1.04. The van der Waals surface area contributed by atoms with Gasteiger partial charge in [0, 0.05) is 12.1 Å². The highest BCUT2D eigenvalue weighted by Crippen LogP contribution is 2.19. The molecule has 0 spiro atoms. The number of nitro groups is 1. The van der Waals surface area contributed by atoms with E-state index in [0.717, 1.165) is 0 Å². The normalized spacial score (nSPS) is 11.2. The van der Waals surface area contributed by atoms with E-state index in [0.29, 0.717) is 11.0 Å². The largest absolute Gasteiger partial charge is 0.367 e. The average Bonchev–Trinajstić information content (AvgIpc) is 2.60. The molecule has 2 rings (SSSR count). The summed E-state index contributed by atoms with van der Waals surface area (Å²) in [6.45, 7) is -0.0195. The third-order valence-electron chi connectivity index (χ3n) is 2.18. The zero-order valence-electron chi connectivity index (χ0n) is 8.15. The monoisotopic (exact) mass is 223 g/mol. The van der Waals surface area contributed by atoms with Crippen LogP contribution in [0.4, 0.5) is 5.69 Å². The van der Waals surface area contributed by atoms with Crippen LogP contribution in [0.3, 0.4) is 0 Å². The Morgan fingerprint density at radius 2 is 2.25 bits per heavy atom. The summed E-state index contributed by atoms with van der Waals surface area (Å²) in [7, 11) is 0. The summed E-state index contributed by atoms with van der Waals surface area (Å²) in [5, 5.41) is 28.2. The molecule has 0 amide bonds. The molecule has 84 valence electrons. The van der Waals surface area contributed by atoms with Gasteiger partial charge in [0.05, 0.1) is 28.8 Å². The molecule has 7 heteroatoms. The Labute approximate surface area is 89.7 Å². The van der Waals surface area contributed by atoms with Gasteiger partial charge in [0.15, 0.2) is 6.29 Å². The maximum Gasteiger partial charge on any atom is 0.271 e. The van der Waals surface area contributed by atoms with Crippen LogP contribution in [-0.2, 0) is 6.54 Å². The molecule has 1 heterocycles. The van der Waals surface area contributed by atoms with Gasteiger partial charge in [0.2, 0.25) is 0 Å². The fourth-order valence-electron chi connectivity index (χ4n) is 1.49. The van der Waals surface area contributed by atoms with E-state index >= 15 is 0 Å². The minimum Gasteiger partial charge on any atom is -0.367 e. The maximum absolute atomic E-state index is 10.5. The molecule has 0 unspecified atom stereocenters. The van der Waals surface area contributed by atoms with Gasteiger partial charge >= 0.3 is 0 Å². The van der Waals surface area contributed by atoms with Crippen LogP contribution >= 0.6 is 0 Å². The Morgan fingerprint density at radius 3 is 2.88 bits per heavy atom. The molecular formula is C9H9N3O4. The Morgan fingerprint density at radius 1 is 1.50 bits per heavy atom. The molecule has 0 aliphatic heterocycles. The molecule has 2 N–H and O–H groups in total. The number of rotatable bonds is 3. The Bertz CT molecular complexity index is 535. The summed E-state index contributed by atoms with van der Waals surface area (Å²) in [6.07, 6.45) is -0.0685. The number of aliphatic hydroxyl groups is 2. The van der Waals surface area contributed by atoms with E-state index in [9.17, 15) is 10.1 Å². The first kappa shape index (κ1) is 10.5. The van der Waals surface area contributed by atoms with E-state index in [-0.39, 0.29) is 12.2 Å². The van der Waals surface area contributed by atoms with Crippen molar-refractivity contribution in [1.82, 2.24) is 9.55 Å². The van der Waals surface area contributed by atoms with Gasteiger partial charge in [-0.1, -0.05) is 0 Å². The Kier molecular flexibility index (Phi) is 2.55. The van der Waals surface area contributed by atoms with Crippen molar-refractivity contribution in [2.45, 2.75) is 12.8 Å². The number of fused-ring (bicyclic) bond motifs is 1. The molecule has 16 heavy (non-hydrogen) atoms. The van der Waals surface area contributed by atoms with Crippen molar-refractivity contribution < 1.29 is 15.1 Å². The zero-order valence-corrected chi connectivity index (χ0v) is 8.15. The lowest BCUT2D eigenvalue weighted by Gasteiger charge is -2.05. The topological polar surface area (TPSA) is 101 Å². The minimum atomic E-state index is -1.48. The third kappa shape index (κ3) is 1.86. The van der Waals surface area contributed by atoms with Gasteiger partial charge in [-0.15, -0.1) is 0 Å². The van der Waals surface area contributed by atoms with Crippen molar-refractivity contribution >= 4 is 16.7 Å². The van der Waals surface area contributed by atoms with Crippen LogP contribution < -0.4 is 0 Å². The van der Waals surface area contributed by atoms with Crippen LogP contribution in [-0.4, -0.2) is 31.0 Å². The van der Waals surface area contributed by atoms with Crippen LogP contribution in [0, 0.1) is 10.1 Å². The minimum absolute atomic E-state index is 0.0195. The lowest BCUT2D eigenvalue weighted by atomic mass is 10.3. The van der Waals surface area contributed by atoms with E-state index < -0.39 is 11.2 Å². The fourth-order valence-corrected chi connectivity index (χ4v) is 1.49. The number of nitrogens with zero attached hydrogens (tertiary/aromatic N) is 3. The van der Waals surface area contributed by atoms with Crippen LogP contribution in [0.5, 0.6) is 0 Å². The second-order valence-corrected chi connectivity index (χ2v) is 3.31. The molecule has 1 aromatic heterocycles. The molecule has 0 aliphatic rings. The first-order valence-electron chi connectivity index (χ1n) is 4.53. The van der Waals surface area contributed by atoms with E-state index in [4.69, 9.17) is 10.2 Å². The lowest BCUT2D eigenvalue weighted by Crippen LogP contribution is -2.13. The summed E-state index contributed by atoms with van der Waals surface area (Å²) in [4.78, 5) is 14.0. The predicted octanol–water partition coefficient (Wildman–Crippen LogP) is 0.255. The van der Waals surface area contributed by atoms with Crippen molar-refractivity contribution in [2.24, 2.45) is 0 Å². The highest BCUT2D eigenvalue weighted by atomic mass is 16.6. The van der Waals surface area contributed by atoms with Crippen molar-refractivity contribution in [3.05, 3.63) is 34.6 Å². The average molecular weight is 223 g/mol. The van der Waals surface area contributed by atoms with Gasteiger partial charge < -0.3 is 14.8 Å². The summed E-state index contributed by atoms with van der Waals surface area (Å²) >= 11 is 0. The number of imidazole rings is 1. The third-order valence-corrected chi connectivity index (χ3v) is 2.18. The molecular weight excluding hydrogens is 214 g/mol. The van der Waals surface area contributed by atoms with E-state index in [1.54, 1.807) is 0 Å². The Balaban J connectivity index is 2.46. The van der Waals surface area contributed by atoms with Crippen LogP contribution in [0.15, 0.2) is 24.5 Å². The number of hydrogen-bond donors (Lipinski definition) is 2. The molecule has 0 bridgehead atoms. The smallest absolute Gasteiger partial charge is 0.271 e. The van der Waals surface area contributed by atoms with E-state index in [1.807, 2.05) is 0 Å². The molecule has 2 aromatic rings. The number of benzene rings is 1. The van der Waals surface area contributed by atoms with Crippen molar-refractivity contribution in [3.63, 3.8) is 0 Å². The molecule has 0 saturated heterocycles. The van der Waals surface area contributed by atoms with Crippen molar-refractivity contribution in [2.75, 3.05) is 0 Å². The predicted molar refractivity (Wildman–Crippen MR) is 54.6 cm³/mol. The number of aromatic nitrogens is 2. The SMILES string of the molecule is O=[N+]([O-])c1ccc2c(c1)ncn2CC(O)O. The van der Waals surface area contributed by atoms with E-state index in [2.05, 4.69) is 4.98 Å². The molecule has 0 aliphatic carbocycles. The molecule has 0 atom stereocenters. The summed E-state index contributed by atoms with van der Waals surface area (Å²) in [5.74, 6) is 0. The van der Waals surface area contributed by atoms with Crippen LogP contribution in [0.25, 0.3) is 11.0 Å². The second kappa shape index (κ2) is 3.87. The molecule has 7 nitrogen and oxygen atoms in total. The van der Waals surface area contributed by atoms with Gasteiger partial charge in [0.1, 0.15) is 0 Å². The number of hydrogen-bond acceptors (Lipinski definition) is 5. The standard InChI is InChI=1S/C9H9N3O4/c13-9(14)4-11-5-10-7-3-6(12(15)16)1-2-8(7)11/h1-3,5,9,13-14H,4H2. The molecule has 1 aromatic carbocycles. The fraction of sp³-hybridized carbons (Fsp3) is 0.222. The summed E-state index contributed by atoms with van der Waals surface area (Å²) < 4.78 is 1.52. The van der Waals surface area contributed by atoms with Gasteiger partial charge in [-0.05, 0) is 6.07 Å². The molecule has 0 radical (unpaired) electrons. The van der Waals surface area contributed by atoms with Crippen LogP contribution in [0.2, 0.25) is 0 Å². The highest BCUT2D eigenvalue weighted by Gasteiger charge is 2.10. The molecule has 0 saturated carbocycles. The van der Waals surface area contributed by atoms with Crippen LogP contribution in [0.1, 0.15) is 0 Å². The summed E-state index contributed by atoms with van der Waals surface area (Å²) in [6, 6.07) is 4.22. The Hall–Kier alpha value is -1.99. The quantitative estimate of drug-likeness (QED) is 0.441. The van der Waals surface area contributed by atoms with Crippen molar-refractivity contribution in [1.29, 1.82) is 0 Å². The van der Waals surface area contributed by atoms with Gasteiger partial charge in [-0.2, -0.15) is 0 Å². The highest BCUT2D eigenvalue weighted by molar-refractivity contribution is 5.77. The van der Waals surface area contributed by atoms with Gasteiger partial charge in [-0.25, -0.2) is 4.98 Å². The first-order chi connectivity index (χ1) is 7.58. The van der Waals surface area contributed by atoms with Crippen molar-refractivity contribution in [3.8, 4) is 0 Å². The van der Waals surface area contributed by atoms with E-state index in [1.165, 1.54) is 29.1 Å². The van der Waals surface area contributed by atoms with Gasteiger partial charge in [0.25, 0.3) is 5.69 Å². The molecule has 0 fully saturated rings. The zero-order chi connectivity index (χ0) is 11.7. The number of non-ortho nitro benzene ring substituents is 1. The van der Waals surface area contributed by atoms with Gasteiger partial charge in [-0.3, -0.25) is 10.1 Å². The first-order valence-corrected chi connectivity index (χ1v) is 4.53.